The molecule has 0 aromatic carbocycles. The summed E-state index contributed by atoms with van der Waals surface area (Å²) in [6.07, 6.45) is 5.14. The molecule has 4 heterocycles. The first-order chi connectivity index (χ1) is 14.1. The van der Waals surface area contributed by atoms with E-state index in [1.54, 1.807) is 18.3 Å². The number of guanidine groups is 1. The van der Waals surface area contributed by atoms with E-state index >= 15 is 0 Å². The maximum atomic E-state index is 11.9. The number of rotatable bonds is 2. The van der Waals surface area contributed by atoms with Crippen LogP contribution in [0.25, 0.3) is 10.9 Å². The molecular formula is C20H29N7O2. The van der Waals surface area contributed by atoms with E-state index in [1.807, 2.05) is 11.0 Å². The third kappa shape index (κ3) is 5.54. The highest BCUT2D eigenvalue weighted by Gasteiger charge is 2.17. The van der Waals surface area contributed by atoms with E-state index in [0.717, 1.165) is 43.9 Å². The number of aromatic amines is 1. The molecule has 0 radical (unpaired) electrons. The second-order valence-corrected chi connectivity index (χ2v) is 7.33. The van der Waals surface area contributed by atoms with Crippen molar-refractivity contribution in [3.05, 3.63) is 34.7 Å². The van der Waals surface area contributed by atoms with Crippen LogP contribution in [-0.4, -0.2) is 66.6 Å². The van der Waals surface area contributed by atoms with Gasteiger partial charge in [0.1, 0.15) is 12.2 Å². The van der Waals surface area contributed by atoms with Crippen molar-refractivity contribution in [2.75, 3.05) is 44.3 Å². The van der Waals surface area contributed by atoms with E-state index in [-0.39, 0.29) is 5.56 Å². The lowest BCUT2D eigenvalue weighted by Gasteiger charge is -2.31. The van der Waals surface area contributed by atoms with Crippen molar-refractivity contribution in [1.29, 1.82) is 5.41 Å². The molecule has 2 aromatic rings. The number of nitrogens with zero attached hydrogens (tertiary/aromatic N) is 4. The zero-order chi connectivity index (χ0) is 20.6. The van der Waals surface area contributed by atoms with Gasteiger partial charge in [0.25, 0.3) is 5.56 Å². The van der Waals surface area contributed by atoms with Crippen molar-refractivity contribution in [1.82, 2.24) is 14.9 Å². The number of aliphatic imine (C=N–C) groups is 1. The summed E-state index contributed by atoms with van der Waals surface area (Å²) in [5, 5.41) is 7.41. The van der Waals surface area contributed by atoms with Gasteiger partial charge in [-0.2, -0.15) is 0 Å². The van der Waals surface area contributed by atoms with Gasteiger partial charge in [0.2, 0.25) is 0 Å². The number of fused-ring (bicyclic) bond motifs is 1. The number of nitrogens with two attached hydrogens (primary N) is 1. The van der Waals surface area contributed by atoms with Crippen LogP contribution in [0.2, 0.25) is 0 Å². The second kappa shape index (κ2) is 10.0. The van der Waals surface area contributed by atoms with Gasteiger partial charge in [-0.1, -0.05) is 6.92 Å². The molecule has 0 amide bonds. The molecule has 4 N–H and O–H groups in total. The number of hydrogen-bond acceptors (Lipinski definition) is 5. The zero-order valence-electron chi connectivity index (χ0n) is 16.8. The van der Waals surface area contributed by atoms with Crippen LogP contribution in [0.4, 0.5) is 5.82 Å². The van der Waals surface area contributed by atoms with Crippen LogP contribution in [-0.2, 0) is 4.74 Å². The Labute approximate surface area is 170 Å². The number of hydrogen-bond donors (Lipinski definition) is 3. The van der Waals surface area contributed by atoms with Gasteiger partial charge >= 0.3 is 0 Å². The number of pyridine rings is 2. The Bertz CT molecular complexity index is 905. The molecule has 156 valence electrons. The molecule has 9 nitrogen and oxygen atoms in total. The molecule has 1 atom stereocenters. The standard InChI is InChI=1S/C12H13N3O2.C8H16N4/c16-12-9-2-1-3-13-10(9)8-11(14-12)15-4-6-17-7-5-15;1-7-3-2-4-12(5-7)8(10)11-6-9/h1-3,8H,4-7H2,(H,14,16);6-7H,2-5H2,1H3,(H3,9,10,11). The van der Waals surface area contributed by atoms with Crippen LogP contribution in [0, 0.1) is 11.3 Å². The molecule has 4 rings (SSSR count). The molecule has 2 saturated heterocycles. The molecule has 2 aliphatic rings. The fourth-order valence-electron chi connectivity index (χ4n) is 3.59. The average molecular weight is 399 g/mol. The van der Waals surface area contributed by atoms with Crippen LogP contribution >= 0.6 is 0 Å². The van der Waals surface area contributed by atoms with Gasteiger partial charge in [0.05, 0.1) is 24.1 Å². The van der Waals surface area contributed by atoms with Crippen LogP contribution in [0.5, 0.6) is 0 Å². The number of ether oxygens (including phenoxy) is 1. The smallest absolute Gasteiger partial charge is 0.258 e. The first kappa shape index (κ1) is 20.8. The summed E-state index contributed by atoms with van der Waals surface area (Å²) in [4.78, 5) is 26.9. The van der Waals surface area contributed by atoms with Crippen LogP contribution in [0.1, 0.15) is 19.8 Å². The minimum Gasteiger partial charge on any atom is -0.378 e. The van der Waals surface area contributed by atoms with E-state index < -0.39 is 0 Å². The van der Waals surface area contributed by atoms with Crippen molar-refractivity contribution < 1.29 is 4.74 Å². The highest BCUT2D eigenvalue weighted by molar-refractivity contribution is 5.85. The maximum Gasteiger partial charge on any atom is 0.258 e. The first-order valence-electron chi connectivity index (χ1n) is 9.96. The Morgan fingerprint density at radius 3 is 2.93 bits per heavy atom. The molecule has 0 bridgehead atoms. The third-order valence-corrected chi connectivity index (χ3v) is 5.13. The molecular weight excluding hydrogens is 370 g/mol. The number of nitrogens with one attached hydrogen (secondary N) is 2. The second-order valence-electron chi connectivity index (χ2n) is 7.33. The van der Waals surface area contributed by atoms with E-state index in [4.69, 9.17) is 15.9 Å². The minimum absolute atomic E-state index is 0.0860. The van der Waals surface area contributed by atoms with Crippen molar-refractivity contribution >= 4 is 29.0 Å². The maximum absolute atomic E-state index is 11.9. The lowest BCUT2D eigenvalue weighted by Crippen LogP contribution is -2.43. The SMILES string of the molecule is CC1CCCN(C(N)=NC=N)C1.O=c1[nH]c(N2CCOCC2)cc2ncccc12. The van der Waals surface area contributed by atoms with E-state index in [0.29, 0.717) is 30.5 Å². The topological polar surface area (TPSA) is 124 Å². The summed E-state index contributed by atoms with van der Waals surface area (Å²) in [6.45, 7) is 7.16. The summed E-state index contributed by atoms with van der Waals surface area (Å²) < 4.78 is 5.29. The minimum atomic E-state index is -0.0860. The summed E-state index contributed by atoms with van der Waals surface area (Å²) in [6, 6.07) is 5.47. The normalized spacial score (nSPS) is 20.2. The van der Waals surface area contributed by atoms with Gasteiger partial charge in [0, 0.05) is 38.4 Å². The Hall–Kier alpha value is -2.94. The van der Waals surface area contributed by atoms with E-state index in [2.05, 4.69) is 26.8 Å². The van der Waals surface area contributed by atoms with Gasteiger partial charge in [0.15, 0.2) is 5.96 Å². The van der Waals surface area contributed by atoms with Crippen molar-refractivity contribution in [2.45, 2.75) is 19.8 Å². The number of morpholine rings is 1. The molecule has 1 unspecified atom stereocenters. The molecule has 0 spiro atoms. The highest BCUT2D eigenvalue weighted by atomic mass is 16.5. The molecule has 2 fully saturated rings. The molecule has 0 saturated carbocycles. The quantitative estimate of drug-likeness (QED) is 0.518. The van der Waals surface area contributed by atoms with E-state index in [1.165, 1.54) is 12.8 Å². The van der Waals surface area contributed by atoms with Gasteiger partial charge in [-0.05, 0) is 30.9 Å². The van der Waals surface area contributed by atoms with Crippen LogP contribution in [0.3, 0.4) is 0 Å². The molecule has 0 aliphatic carbocycles. The molecule has 29 heavy (non-hydrogen) atoms. The number of piperidine rings is 1. The van der Waals surface area contributed by atoms with Gasteiger partial charge < -0.3 is 25.3 Å². The molecule has 2 aromatic heterocycles. The Morgan fingerprint density at radius 2 is 2.21 bits per heavy atom. The lowest BCUT2D eigenvalue weighted by atomic mass is 10.0. The summed E-state index contributed by atoms with van der Waals surface area (Å²) in [5.41, 5.74) is 6.29. The van der Waals surface area contributed by atoms with Gasteiger partial charge in [-0.3, -0.25) is 15.2 Å². The van der Waals surface area contributed by atoms with Crippen molar-refractivity contribution in [2.24, 2.45) is 16.6 Å². The Morgan fingerprint density at radius 1 is 1.41 bits per heavy atom. The van der Waals surface area contributed by atoms with Gasteiger partial charge in [-0.15, -0.1) is 0 Å². The van der Waals surface area contributed by atoms with Crippen molar-refractivity contribution in [3.8, 4) is 0 Å². The Balaban J connectivity index is 0.000000177. The molecule has 9 heteroatoms. The van der Waals surface area contributed by atoms with Crippen molar-refractivity contribution in [3.63, 3.8) is 0 Å². The summed E-state index contributed by atoms with van der Waals surface area (Å²) >= 11 is 0. The fourth-order valence-corrected chi connectivity index (χ4v) is 3.59. The number of aromatic nitrogens is 2. The van der Waals surface area contributed by atoms with E-state index in [9.17, 15) is 4.79 Å². The predicted octanol–water partition coefficient (Wildman–Crippen LogP) is 1.40. The monoisotopic (exact) mass is 399 g/mol. The number of anilines is 1. The number of likely N-dealkylation sites (tertiary alicyclic amines) is 1. The average Bonchev–Trinajstić information content (AvgIpc) is 2.75. The number of H-pyrrole nitrogens is 1. The summed E-state index contributed by atoms with van der Waals surface area (Å²) in [7, 11) is 0. The van der Waals surface area contributed by atoms with Crippen LogP contribution in [0.15, 0.2) is 34.2 Å². The summed E-state index contributed by atoms with van der Waals surface area (Å²) in [5.74, 6) is 2.00. The predicted molar refractivity (Wildman–Crippen MR) is 116 cm³/mol. The van der Waals surface area contributed by atoms with Gasteiger partial charge in [-0.25, -0.2) is 4.99 Å². The molecule has 2 aliphatic heterocycles. The zero-order valence-corrected chi connectivity index (χ0v) is 16.8. The highest BCUT2D eigenvalue weighted by Crippen LogP contribution is 2.16. The largest absolute Gasteiger partial charge is 0.378 e. The fraction of sp³-hybridized carbons (Fsp3) is 0.500. The first-order valence-corrected chi connectivity index (χ1v) is 9.96. The third-order valence-electron chi connectivity index (χ3n) is 5.13. The Kier molecular flexibility index (Phi) is 7.18. The lowest BCUT2D eigenvalue weighted by molar-refractivity contribution is 0.122. The van der Waals surface area contributed by atoms with Crippen LogP contribution < -0.4 is 16.2 Å².